The quantitative estimate of drug-likeness (QED) is 0.539. The molecular formula is C22H29NO2S. The van der Waals surface area contributed by atoms with Crippen molar-refractivity contribution in [1.82, 2.24) is 5.32 Å². The first kappa shape index (κ1) is 23.7. The van der Waals surface area contributed by atoms with Crippen molar-refractivity contribution in [2.45, 2.75) is 39.7 Å². The number of allylic oxidation sites excluding steroid dienone is 2. The van der Waals surface area contributed by atoms with Crippen molar-refractivity contribution in [3.05, 3.63) is 59.5 Å². The molecule has 1 heterocycles. The van der Waals surface area contributed by atoms with Gasteiger partial charge in [0.05, 0.1) is 6.10 Å². The monoisotopic (exact) mass is 371 g/mol. The number of carbonyl (C=O) groups is 1. The summed E-state index contributed by atoms with van der Waals surface area (Å²) in [4.78, 5) is 12.6. The second kappa shape index (κ2) is 13.9. The predicted molar refractivity (Wildman–Crippen MR) is 114 cm³/mol. The first-order chi connectivity index (χ1) is 12.5. The number of benzene rings is 1. The van der Waals surface area contributed by atoms with Crippen molar-refractivity contribution < 1.29 is 9.90 Å². The van der Waals surface area contributed by atoms with Gasteiger partial charge in [-0.25, -0.2) is 0 Å². The number of thiophene rings is 1. The summed E-state index contributed by atoms with van der Waals surface area (Å²) >= 11 is 1.59. The Kier molecular flexibility index (Phi) is 12.6. The molecule has 0 bridgehead atoms. The lowest BCUT2D eigenvalue weighted by Crippen LogP contribution is -2.25. The minimum absolute atomic E-state index is 0.0173. The van der Waals surface area contributed by atoms with Crippen LogP contribution in [0.3, 0.4) is 0 Å². The third-order valence-electron chi connectivity index (χ3n) is 3.48. The van der Waals surface area contributed by atoms with E-state index in [-0.39, 0.29) is 5.91 Å². The van der Waals surface area contributed by atoms with Crippen LogP contribution >= 0.6 is 11.3 Å². The van der Waals surface area contributed by atoms with Gasteiger partial charge in [0, 0.05) is 22.5 Å². The molecule has 1 aromatic carbocycles. The average Bonchev–Trinajstić information content (AvgIpc) is 3.10. The van der Waals surface area contributed by atoms with Crippen LogP contribution in [-0.4, -0.2) is 17.6 Å². The number of aliphatic hydroxyl groups is 1. The Morgan fingerprint density at radius 2 is 1.96 bits per heavy atom. The Labute approximate surface area is 161 Å². The largest absolute Gasteiger partial charge is 0.388 e. The minimum Gasteiger partial charge on any atom is -0.388 e. The molecule has 3 nitrogen and oxygen atoms in total. The van der Waals surface area contributed by atoms with E-state index >= 15 is 0 Å². The van der Waals surface area contributed by atoms with Crippen LogP contribution < -0.4 is 5.32 Å². The maximum Gasteiger partial charge on any atom is 0.220 e. The Balaban J connectivity index is 0.00000113. The van der Waals surface area contributed by atoms with Gasteiger partial charge in [0.15, 0.2) is 0 Å². The van der Waals surface area contributed by atoms with Crippen molar-refractivity contribution in [2.75, 3.05) is 6.54 Å². The molecule has 0 fully saturated rings. The average molecular weight is 372 g/mol. The second-order valence-corrected chi connectivity index (χ2v) is 6.68. The van der Waals surface area contributed by atoms with Crippen LogP contribution in [0, 0.1) is 12.8 Å². The summed E-state index contributed by atoms with van der Waals surface area (Å²) in [6.45, 7) is 9.76. The molecule has 0 spiro atoms. The summed E-state index contributed by atoms with van der Waals surface area (Å²) < 4.78 is 1.17. The highest BCUT2D eigenvalue weighted by atomic mass is 32.1. The van der Waals surface area contributed by atoms with E-state index in [1.165, 1.54) is 4.70 Å². The van der Waals surface area contributed by atoms with Gasteiger partial charge in [0.1, 0.15) is 0 Å². The molecule has 0 saturated heterocycles. The number of nitrogens with one attached hydrogen (secondary N) is 1. The van der Waals surface area contributed by atoms with E-state index in [4.69, 9.17) is 0 Å². The zero-order valence-electron chi connectivity index (χ0n) is 15.9. The topological polar surface area (TPSA) is 49.3 Å². The lowest BCUT2D eigenvalue weighted by atomic mass is 10.1. The zero-order chi connectivity index (χ0) is 19.9. The smallest absolute Gasteiger partial charge is 0.220 e. The van der Waals surface area contributed by atoms with Crippen molar-refractivity contribution in [3.8, 4) is 12.8 Å². The van der Waals surface area contributed by atoms with Gasteiger partial charge in [0.2, 0.25) is 5.91 Å². The lowest BCUT2D eigenvalue weighted by molar-refractivity contribution is -0.121. The molecule has 1 unspecified atom stereocenters. The third kappa shape index (κ3) is 8.66. The van der Waals surface area contributed by atoms with Gasteiger partial charge >= 0.3 is 0 Å². The number of rotatable bonds is 6. The molecule has 0 aliphatic heterocycles. The highest BCUT2D eigenvalue weighted by Crippen LogP contribution is 2.31. The van der Waals surface area contributed by atoms with Crippen molar-refractivity contribution >= 4 is 27.3 Å². The van der Waals surface area contributed by atoms with Crippen molar-refractivity contribution in [2.24, 2.45) is 0 Å². The van der Waals surface area contributed by atoms with Gasteiger partial charge in [-0.15, -0.1) is 30.8 Å². The van der Waals surface area contributed by atoms with Gasteiger partial charge in [0.25, 0.3) is 0 Å². The Bertz CT molecular complexity index is 695. The molecule has 2 N–H and O–H groups in total. The molecule has 1 amide bonds. The second-order valence-electron chi connectivity index (χ2n) is 5.56. The fraction of sp³-hybridized carbons (Fsp3) is 0.318. The Morgan fingerprint density at radius 1 is 1.35 bits per heavy atom. The predicted octanol–water partition coefficient (Wildman–Crippen LogP) is 5.24. The maximum absolute atomic E-state index is 11.7. The summed E-state index contributed by atoms with van der Waals surface area (Å²) in [5.74, 6) is -0.0173. The first-order valence-electron chi connectivity index (χ1n) is 8.47. The minimum atomic E-state index is -0.573. The number of hydrogen-bond acceptors (Lipinski definition) is 3. The van der Waals surface area contributed by atoms with E-state index in [0.29, 0.717) is 19.4 Å². The van der Waals surface area contributed by atoms with E-state index in [1.54, 1.807) is 17.4 Å². The summed E-state index contributed by atoms with van der Waals surface area (Å²) in [6, 6.07) is 10.1. The number of terminal acetylenes is 1. The van der Waals surface area contributed by atoms with Crippen LogP contribution in [0.4, 0.5) is 0 Å². The highest BCUT2D eigenvalue weighted by molar-refractivity contribution is 7.19. The zero-order valence-corrected chi connectivity index (χ0v) is 16.7. The molecule has 0 radical (unpaired) electrons. The van der Waals surface area contributed by atoms with E-state index < -0.39 is 6.10 Å². The molecular weight excluding hydrogens is 342 g/mol. The molecule has 0 saturated carbocycles. The van der Waals surface area contributed by atoms with Gasteiger partial charge in [-0.1, -0.05) is 35.9 Å². The first-order valence-corrected chi connectivity index (χ1v) is 9.28. The van der Waals surface area contributed by atoms with Crippen LogP contribution in [0.1, 0.15) is 44.6 Å². The Morgan fingerprint density at radius 3 is 2.54 bits per heavy atom. The fourth-order valence-electron chi connectivity index (χ4n) is 2.01. The standard InChI is InChI=1S/C17H21NO2S.C3H6.C2H2/c1-3-12(2)11-18-17(20)9-8-14(19)16-10-13-6-4-5-7-15(13)21-16;1-3-2;1-2/h3-7,10,14,19H,8-9,11H2,1-2H3,(H,18,20);3H,1H2,2H3;1-2H/b12-3+;;. The van der Waals surface area contributed by atoms with Crippen LogP contribution in [-0.2, 0) is 4.79 Å². The molecule has 2 rings (SSSR count). The van der Waals surface area contributed by atoms with E-state index in [9.17, 15) is 9.90 Å². The highest BCUT2D eigenvalue weighted by Gasteiger charge is 2.13. The molecule has 1 atom stereocenters. The van der Waals surface area contributed by atoms with Crippen molar-refractivity contribution in [3.63, 3.8) is 0 Å². The number of fused-ring (bicyclic) bond motifs is 1. The number of carbonyl (C=O) groups excluding carboxylic acids is 1. The summed E-state index contributed by atoms with van der Waals surface area (Å²) in [7, 11) is 0. The van der Waals surface area contributed by atoms with Crippen LogP contribution in [0.25, 0.3) is 10.1 Å². The van der Waals surface area contributed by atoms with Crippen LogP contribution in [0.5, 0.6) is 0 Å². The van der Waals surface area contributed by atoms with Crippen LogP contribution in [0.2, 0.25) is 0 Å². The van der Waals surface area contributed by atoms with E-state index in [1.807, 2.05) is 57.2 Å². The normalized spacial score (nSPS) is 11.4. The number of aliphatic hydroxyl groups excluding tert-OH is 1. The van der Waals surface area contributed by atoms with Gasteiger partial charge in [-0.3, -0.25) is 4.79 Å². The molecule has 0 aliphatic rings. The molecule has 26 heavy (non-hydrogen) atoms. The van der Waals surface area contributed by atoms with E-state index in [2.05, 4.69) is 24.7 Å². The number of amides is 1. The van der Waals surface area contributed by atoms with Gasteiger partial charge in [-0.2, -0.15) is 0 Å². The van der Waals surface area contributed by atoms with Crippen LogP contribution in [0.15, 0.2) is 54.6 Å². The SMILES string of the molecule is C#C.C/C=C(\C)CNC(=O)CCC(O)c1cc2ccccc2s1.C=CC. The lowest BCUT2D eigenvalue weighted by Gasteiger charge is -2.09. The molecule has 1 aromatic heterocycles. The summed E-state index contributed by atoms with van der Waals surface area (Å²) in [5.41, 5.74) is 1.13. The summed E-state index contributed by atoms with van der Waals surface area (Å²) in [5, 5.41) is 14.2. The maximum atomic E-state index is 11.7. The Hall–Kier alpha value is -2.35. The van der Waals surface area contributed by atoms with E-state index in [0.717, 1.165) is 15.8 Å². The van der Waals surface area contributed by atoms with Crippen molar-refractivity contribution in [1.29, 1.82) is 0 Å². The summed E-state index contributed by atoms with van der Waals surface area (Å²) in [6.07, 6.45) is 11.9. The van der Waals surface area contributed by atoms with Gasteiger partial charge in [-0.05, 0) is 44.7 Å². The molecule has 0 aliphatic carbocycles. The van der Waals surface area contributed by atoms with Gasteiger partial charge < -0.3 is 10.4 Å². The fourth-order valence-corrected chi connectivity index (χ4v) is 3.09. The molecule has 140 valence electrons. The number of hydrogen-bond donors (Lipinski definition) is 2. The third-order valence-corrected chi connectivity index (χ3v) is 4.69. The molecule has 4 heteroatoms. The molecule has 2 aromatic rings.